The van der Waals surface area contributed by atoms with Crippen LogP contribution < -0.4 is 5.01 Å². The van der Waals surface area contributed by atoms with Gasteiger partial charge in [0.1, 0.15) is 5.82 Å². The lowest BCUT2D eigenvalue weighted by atomic mass is 10.2. The van der Waals surface area contributed by atoms with Crippen molar-refractivity contribution in [2.24, 2.45) is 0 Å². The molecule has 0 bridgehead atoms. The van der Waals surface area contributed by atoms with Crippen LogP contribution in [0.15, 0.2) is 18.2 Å². The van der Waals surface area contributed by atoms with Crippen molar-refractivity contribution >= 4 is 22.6 Å². The molecule has 4 heteroatoms. The van der Waals surface area contributed by atoms with Crippen molar-refractivity contribution in [3.63, 3.8) is 0 Å². The Hall–Kier alpha value is -1.22. The van der Waals surface area contributed by atoms with Gasteiger partial charge in [0.2, 0.25) is 0 Å². The number of aromatic nitrogens is 2. The first kappa shape index (κ1) is 10.3. The molecule has 15 heavy (non-hydrogen) atoms. The average molecular weight is 224 g/mol. The van der Waals surface area contributed by atoms with E-state index in [-0.39, 0.29) is 0 Å². The van der Waals surface area contributed by atoms with E-state index in [4.69, 9.17) is 11.6 Å². The summed E-state index contributed by atoms with van der Waals surface area (Å²) in [6.07, 6.45) is 0. The molecule has 1 aromatic heterocycles. The Morgan fingerprint density at radius 2 is 2.13 bits per heavy atom. The van der Waals surface area contributed by atoms with Crippen LogP contribution in [0.5, 0.6) is 0 Å². The topological polar surface area (TPSA) is 21.1 Å². The van der Waals surface area contributed by atoms with Gasteiger partial charge >= 0.3 is 0 Å². The van der Waals surface area contributed by atoms with Crippen LogP contribution in [0.1, 0.15) is 11.4 Å². The summed E-state index contributed by atoms with van der Waals surface area (Å²) in [4.78, 5) is 4.54. The molecule has 80 valence electrons. The summed E-state index contributed by atoms with van der Waals surface area (Å²) in [5, 5.41) is 1.99. The van der Waals surface area contributed by atoms with Gasteiger partial charge in [-0.05, 0) is 18.6 Å². The predicted octanol–water partition coefficient (Wildman–Crippen LogP) is 2.28. The first-order valence-corrected chi connectivity index (χ1v) is 5.39. The van der Waals surface area contributed by atoms with Gasteiger partial charge in [0.05, 0.1) is 16.9 Å². The van der Waals surface area contributed by atoms with Crippen molar-refractivity contribution < 1.29 is 0 Å². The quantitative estimate of drug-likeness (QED) is 0.729. The fourth-order valence-electron chi connectivity index (χ4n) is 1.81. The summed E-state index contributed by atoms with van der Waals surface area (Å²) in [5.41, 5.74) is 3.32. The Morgan fingerprint density at radius 3 is 2.73 bits per heavy atom. The van der Waals surface area contributed by atoms with Crippen LogP contribution in [-0.4, -0.2) is 23.8 Å². The summed E-state index contributed by atoms with van der Waals surface area (Å²) in [7, 11) is 3.97. The zero-order valence-electron chi connectivity index (χ0n) is 9.16. The van der Waals surface area contributed by atoms with Gasteiger partial charge in [0, 0.05) is 14.1 Å². The van der Waals surface area contributed by atoms with Crippen LogP contribution >= 0.6 is 11.6 Å². The van der Waals surface area contributed by atoms with Crippen LogP contribution in [0.3, 0.4) is 0 Å². The smallest absolute Gasteiger partial charge is 0.143 e. The standard InChI is InChI=1S/C11H14ClN3/c1-8-5-4-6-9-11(8)13-10(7-12)15(9)14(2)3/h4-6H,7H2,1-3H3. The lowest BCUT2D eigenvalue weighted by molar-refractivity contribution is 0.719. The minimum absolute atomic E-state index is 0.423. The maximum atomic E-state index is 5.89. The zero-order chi connectivity index (χ0) is 11.0. The Kier molecular flexibility index (Phi) is 2.57. The summed E-state index contributed by atoms with van der Waals surface area (Å²) < 4.78 is 2.04. The highest BCUT2D eigenvalue weighted by atomic mass is 35.5. The fourth-order valence-corrected chi connectivity index (χ4v) is 1.98. The molecule has 0 aliphatic rings. The minimum Gasteiger partial charge on any atom is -0.317 e. The number of imidazole rings is 1. The van der Waals surface area contributed by atoms with Crippen LogP contribution in [0, 0.1) is 6.92 Å². The maximum Gasteiger partial charge on any atom is 0.143 e. The number of benzene rings is 1. The summed E-state index contributed by atoms with van der Waals surface area (Å²) in [6.45, 7) is 2.06. The molecule has 0 saturated carbocycles. The van der Waals surface area contributed by atoms with Crippen molar-refractivity contribution in [1.82, 2.24) is 9.66 Å². The molecule has 0 aliphatic carbocycles. The molecule has 1 aromatic carbocycles. The molecule has 0 aliphatic heterocycles. The Bertz CT molecular complexity index is 488. The van der Waals surface area contributed by atoms with Gasteiger partial charge in [-0.3, -0.25) is 0 Å². The van der Waals surface area contributed by atoms with Gasteiger partial charge in [-0.1, -0.05) is 12.1 Å². The van der Waals surface area contributed by atoms with Gasteiger partial charge in [-0.2, -0.15) is 0 Å². The van der Waals surface area contributed by atoms with Gasteiger partial charge in [0.25, 0.3) is 0 Å². The van der Waals surface area contributed by atoms with Crippen molar-refractivity contribution in [2.75, 3.05) is 19.1 Å². The molecule has 0 unspecified atom stereocenters. The lowest BCUT2D eigenvalue weighted by Crippen LogP contribution is -2.26. The highest BCUT2D eigenvalue weighted by Gasteiger charge is 2.11. The van der Waals surface area contributed by atoms with E-state index >= 15 is 0 Å². The lowest BCUT2D eigenvalue weighted by Gasteiger charge is -2.17. The molecule has 0 saturated heterocycles. The van der Waals surface area contributed by atoms with E-state index in [9.17, 15) is 0 Å². The number of aryl methyl sites for hydroxylation is 1. The molecule has 2 rings (SSSR count). The first-order chi connectivity index (χ1) is 7.15. The molecule has 0 N–H and O–H groups in total. The van der Waals surface area contributed by atoms with E-state index < -0.39 is 0 Å². The van der Waals surface area contributed by atoms with Crippen LogP contribution in [-0.2, 0) is 5.88 Å². The van der Waals surface area contributed by atoms with Gasteiger partial charge in [-0.15, -0.1) is 11.6 Å². The van der Waals surface area contributed by atoms with E-state index in [1.54, 1.807) is 0 Å². The number of rotatable bonds is 2. The van der Waals surface area contributed by atoms with E-state index in [0.29, 0.717) is 5.88 Å². The Labute approximate surface area is 94.2 Å². The number of alkyl halides is 1. The highest BCUT2D eigenvalue weighted by Crippen LogP contribution is 2.20. The maximum absolute atomic E-state index is 5.89. The third-order valence-electron chi connectivity index (χ3n) is 2.45. The molecule has 2 aromatic rings. The molecule has 0 radical (unpaired) electrons. The molecule has 1 heterocycles. The van der Waals surface area contributed by atoms with E-state index in [1.807, 2.05) is 29.8 Å². The number of fused-ring (bicyclic) bond motifs is 1. The SMILES string of the molecule is Cc1cccc2c1nc(CCl)n2N(C)C. The number of hydrogen-bond donors (Lipinski definition) is 0. The second kappa shape index (κ2) is 3.74. The van der Waals surface area contributed by atoms with Crippen molar-refractivity contribution in [3.8, 4) is 0 Å². The number of nitrogens with zero attached hydrogens (tertiary/aromatic N) is 3. The second-order valence-corrected chi connectivity index (χ2v) is 4.03. The van der Waals surface area contributed by atoms with E-state index in [2.05, 4.69) is 24.0 Å². The molecular formula is C11H14ClN3. The van der Waals surface area contributed by atoms with Gasteiger partial charge in [0.15, 0.2) is 0 Å². The molecule has 0 fully saturated rings. The third kappa shape index (κ3) is 1.57. The molecule has 0 amide bonds. The average Bonchev–Trinajstić information content (AvgIpc) is 2.57. The van der Waals surface area contributed by atoms with Crippen LogP contribution in [0.4, 0.5) is 0 Å². The molecular weight excluding hydrogens is 210 g/mol. The largest absolute Gasteiger partial charge is 0.317 e. The summed E-state index contributed by atoms with van der Waals surface area (Å²) in [6, 6.07) is 6.16. The number of para-hydroxylation sites is 1. The fraction of sp³-hybridized carbons (Fsp3) is 0.364. The normalized spacial score (nSPS) is 10.9. The van der Waals surface area contributed by atoms with Crippen molar-refractivity contribution in [2.45, 2.75) is 12.8 Å². The Balaban J connectivity index is 2.80. The third-order valence-corrected chi connectivity index (χ3v) is 2.69. The molecule has 3 nitrogen and oxygen atoms in total. The summed E-state index contributed by atoms with van der Waals surface area (Å²) in [5.74, 6) is 1.30. The van der Waals surface area contributed by atoms with Gasteiger partial charge in [-0.25, -0.2) is 9.66 Å². The second-order valence-electron chi connectivity index (χ2n) is 3.76. The van der Waals surface area contributed by atoms with Crippen LogP contribution in [0.2, 0.25) is 0 Å². The summed E-state index contributed by atoms with van der Waals surface area (Å²) >= 11 is 5.89. The van der Waals surface area contributed by atoms with Gasteiger partial charge < -0.3 is 5.01 Å². The van der Waals surface area contributed by atoms with Crippen LogP contribution in [0.25, 0.3) is 11.0 Å². The molecule has 0 spiro atoms. The highest BCUT2D eigenvalue weighted by molar-refractivity contribution is 6.16. The monoisotopic (exact) mass is 223 g/mol. The number of halogens is 1. The van der Waals surface area contributed by atoms with E-state index in [1.165, 1.54) is 5.56 Å². The Morgan fingerprint density at radius 1 is 1.40 bits per heavy atom. The zero-order valence-corrected chi connectivity index (χ0v) is 9.91. The van der Waals surface area contributed by atoms with E-state index in [0.717, 1.165) is 16.9 Å². The minimum atomic E-state index is 0.423. The first-order valence-electron chi connectivity index (χ1n) is 4.85. The number of hydrogen-bond acceptors (Lipinski definition) is 2. The predicted molar refractivity (Wildman–Crippen MR) is 64.1 cm³/mol. The van der Waals surface area contributed by atoms with Crippen molar-refractivity contribution in [3.05, 3.63) is 29.6 Å². The molecule has 0 atom stereocenters. The van der Waals surface area contributed by atoms with Crippen molar-refractivity contribution in [1.29, 1.82) is 0 Å².